The molecule has 0 spiro atoms. The van der Waals surface area contributed by atoms with Crippen LogP contribution in [0.5, 0.6) is 0 Å². The molecule has 2 N–H and O–H groups in total. The summed E-state index contributed by atoms with van der Waals surface area (Å²) in [5.74, 6) is -1.39. The predicted octanol–water partition coefficient (Wildman–Crippen LogP) is 0.880. The van der Waals surface area contributed by atoms with Crippen molar-refractivity contribution in [3.63, 3.8) is 0 Å². The highest BCUT2D eigenvalue weighted by Crippen LogP contribution is 2.13. The van der Waals surface area contributed by atoms with Crippen molar-refractivity contribution in [2.75, 3.05) is 0 Å². The summed E-state index contributed by atoms with van der Waals surface area (Å²) in [6.45, 7) is 7.09. The molecule has 0 bridgehead atoms. The van der Waals surface area contributed by atoms with Gasteiger partial charge < -0.3 is 15.3 Å². The molecule has 0 heterocycles. The van der Waals surface area contributed by atoms with E-state index in [1.54, 1.807) is 20.8 Å². The summed E-state index contributed by atoms with van der Waals surface area (Å²) in [5.41, 5.74) is 5.04. The molecule has 0 aromatic rings. The Labute approximate surface area is 84.8 Å². The molecule has 0 radical (unpaired) electrons. The van der Waals surface area contributed by atoms with Crippen molar-refractivity contribution in [3.05, 3.63) is 0 Å². The molecular formula is C10H19NO3. The minimum atomic E-state index is -0.848. The van der Waals surface area contributed by atoms with Crippen LogP contribution < -0.4 is 5.73 Å². The number of ether oxygens (including phenoxy) is 1. The molecule has 0 aliphatic heterocycles. The molecule has 0 saturated carbocycles. The molecule has 0 aliphatic rings. The highest BCUT2D eigenvalue weighted by molar-refractivity contribution is 5.88. The van der Waals surface area contributed by atoms with Gasteiger partial charge in [0.25, 0.3) is 0 Å². The fourth-order valence-corrected chi connectivity index (χ4v) is 0.955. The highest BCUT2D eigenvalue weighted by atomic mass is 16.6. The third kappa shape index (κ3) is 4.37. The standard InChI is InChI=1S/C10H19NO3/c1-5-8(11)7(6-12)9(13)14-10(2,3)4/h6-8H,5,11H2,1-4H3/t7-,8?/m1/s1. The number of rotatable bonds is 4. The lowest BCUT2D eigenvalue weighted by Crippen LogP contribution is -2.40. The first kappa shape index (κ1) is 13.1. The molecular weight excluding hydrogens is 182 g/mol. The lowest BCUT2D eigenvalue weighted by molar-refractivity contribution is -0.161. The maximum atomic E-state index is 11.5. The van der Waals surface area contributed by atoms with Crippen LogP contribution in [0.25, 0.3) is 0 Å². The molecule has 4 heteroatoms. The Kier molecular flexibility index (Phi) is 4.77. The van der Waals surface area contributed by atoms with Crippen LogP contribution in [0, 0.1) is 5.92 Å². The van der Waals surface area contributed by atoms with Gasteiger partial charge in [-0.3, -0.25) is 4.79 Å². The van der Waals surface area contributed by atoms with Gasteiger partial charge in [-0.25, -0.2) is 0 Å². The Morgan fingerprint density at radius 3 is 2.29 bits per heavy atom. The number of hydrogen-bond donors (Lipinski definition) is 1. The van der Waals surface area contributed by atoms with Gasteiger partial charge in [0.15, 0.2) is 0 Å². The molecule has 0 rings (SSSR count). The lowest BCUT2D eigenvalue weighted by atomic mass is 10.00. The zero-order valence-corrected chi connectivity index (χ0v) is 9.24. The molecule has 0 saturated heterocycles. The zero-order chi connectivity index (χ0) is 11.4. The van der Waals surface area contributed by atoms with E-state index in [4.69, 9.17) is 10.5 Å². The van der Waals surface area contributed by atoms with Crippen molar-refractivity contribution in [1.29, 1.82) is 0 Å². The summed E-state index contributed by atoms with van der Waals surface area (Å²) < 4.78 is 5.06. The molecule has 14 heavy (non-hydrogen) atoms. The second kappa shape index (κ2) is 5.10. The van der Waals surface area contributed by atoms with Crippen LogP contribution in [-0.4, -0.2) is 23.9 Å². The van der Waals surface area contributed by atoms with Crippen molar-refractivity contribution in [2.24, 2.45) is 11.7 Å². The first-order chi connectivity index (χ1) is 6.31. The maximum absolute atomic E-state index is 11.5. The van der Waals surface area contributed by atoms with Crippen LogP contribution in [0.15, 0.2) is 0 Å². The van der Waals surface area contributed by atoms with Crippen LogP contribution in [0.3, 0.4) is 0 Å². The minimum absolute atomic E-state index is 0.456. The molecule has 2 atom stereocenters. The Hall–Kier alpha value is -0.900. The Bertz CT molecular complexity index is 208. The first-order valence-electron chi connectivity index (χ1n) is 4.75. The average Bonchev–Trinajstić information content (AvgIpc) is 2.01. The van der Waals surface area contributed by atoms with Crippen LogP contribution in [0.2, 0.25) is 0 Å². The molecule has 0 fully saturated rings. The zero-order valence-electron chi connectivity index (χ0n) is 9.24. The summed E-state index contributed by atoms with van der Waals surface area (Å²) in [4.78, 5) is 22.1. The summed E-state index contributed by atoms with van der Waals surface area (Å²) >= 11 is 0. The van der Waals surface area contributed by atoms with Crippen LogP contribution in [0.4, 0.5) is 0 Å². The van der Waals surface area contributed by atoms with Gasteiger partial charge in [-0.15, -0.1) is 0 Å². The first-order valence-corrected chi connectivity index (χ1v) is 4.75. The monoisotopic (exact) mass is 201 g/mol. The van der Waals surface area contributed by atoms with Gasteiger partial charge in [-0.1, -0.05) is 6.92 Å². The van der Waals surface area contributed by atoms with E-state index in [2.05, 4.69) is 0 Å². The lowest BCUT2D eigenvalue weighted by Gasteiger charge is -2.23. The van der Waals surface area contributed by atoms with Gasteiger partial charge in [0.05, 0.1) is 0 Å². The van der Waals surface area contributed by atoms with Crippen molar-refractivity contribution in [3.8, 4) is 0 Å². The average molecular weight is 201 g/mol. The van der Waals surface area contributed by atoms with E-state index in [1.807, 2.05) is 6.92 Å². The molecule has 82 valence electrons. The van der Waals surface area contributed by atoms with Gasteiger partial charge in [0, 0.05) is 6.04 Å². The largest absolute Gasteiger partial charge is 0.459 e. The van der Waals surface area contributed by atoms with Gasteiger partial charge in [0.2, 0.25) is 0 Å². The summed E-state index contributed by atoms with van der Waals surface area (Å²) in [6.07, 6.45) is 1.13. The van der Waals surface area contributed by atoms with Gasteiger partial charge >= 0.3 is 5.97 Å². The van der Waals surface area contributed by atoms with Gasteiger partial charge in [-0.2, -0.15) is 0 Å². The summed E-state index contributed by atoms with van der Waals surface area (Å²) in [5, 5.41) is 0. The molecule has 0 amide bonds. The van der Waals surface area contributed by atoms with Gasteiger partial charge in [-0.05, 0) is 27.2 Å². The fourth-order valence-electron chi connectivity index (χ4n) is 0.955. The number of nitrogens with two attached hydrogens (primary N) is 1. The summed E-state index contributed by atoms with van der Waals surface area (Å²) in [6, 6.07) is -0.456. The highest BCUT2D eigenvalue weighted by Gasteiger charge is 2.28. The van der Waals surface area contributed by atoms with E-state index in [9.17, 15) is 9.59 Å². The summed E-state index contributed by atoms with van der Waals surface area (Å²) in [7, 11) is 0. The second-order valence-corrected chi connectivity index (χ2v) is 4.27. The van der Waals surface area contributed by atoms with E-state index < -0.39 is 23.5 Å². The normalized spacial score (nSPS) is 15.8. The molecule has 0 aliphatic carbocycles. The predicted molar refractivity (Wildman–Crippen MR) is 53.7 cm³/mol. The maximum Gasteiger partial charge on any atom is 0.318 e. The number of hydrogen-bond acceptors (Lipinski definition) is 4. The van der Waals surface area contributed by atoms with Gasteiger partial charge in [0.1, 0.15) is 17.8 Å². The number of carbonyl (C=O) groups excluding carboxylic acids is 2. The van der Waals surface area contributed by atoms with Crippen molar-refractivity contribution in [1.82, 2.24) is 0 Å². The van der Waals surface area contributed by atoms with Crippen molar-refractivity contribution in [2.45, 2.75) is 45.8 Å². The van der Waals surface area contributed by atoms with Crippen molar-refractivity contribution < 1.29 is 14.3 Å². The number of aldehydes is 1. The van der Waals surface area contributed by atoms with E-state index in [1.165, 1.54) is 0 Å². The second-order valence-electron chi connectivity index (χ2n) is 4.27. The third-order valence-corrected chi connectivity index (χ3v) is 1.76. The molecule has 0 aromatic carbocycles. The fraction of sp³-hybridized carbons (Fsp3) is 0.800. The molecule has 1 unspecified atom stereocenters. The van der Waals surface area contributed by atoms with Crippen LogP contribution >= 0.6 is 0 Å². The van der Waals surface area contributed by atoms with E-state index in [-0.39, 0.29) is 0 Å². The molecule has 4 nitrogen and oxygen atoms in total. The van der Waals surface area contributed by atoms with Crippen molar-refractivity contribution >= 4 is 12.3 Å². The SMILES string of the molecule is CCC(N)[C@@H](C=O)C(=O)OC(C)(C)C. The van der Waals surface area contributed by atoms with E-state index >= 15 is 0 Å². The number of carbonyl (C=O) groups is 2. The minimum Gasteiger partial charge on any atom is -0.459 e. The van der Waals surface area contributed by atoms with Crippen LogP contribution in [0.1, 0.15) is 34.1 Å². The Morgan fingerprint density at radius 1 is 1.50 bits per heavy atom. The Balaban J connectivity index is 4.40. The Morgan fingerprint density at radius 2 is 2.00 bits per heavy atom. The third-order valence-electron chi connectivity index (χ3n) is 1.76. The quantitative estimate of drug-likeness (QED) is 0.416. The number of esters is 1. The van der Waals surface area contributed by atoms with E-state index in [0.29, 0.717) is 12.7 Å². The van der Waals surface area contributed by atoms with Crippen LogP contribution in [-0.2, 0) is 14.3 Å². The smallest absolute Gasteiger partial charge is 0.318 e. The topological polar surface area (TPSA) is 69.4 Å². The van der Waals surface area contributed by atoms with E-state index in [0.717, 1.165) is 0 Å². The molecule has 0 aromatic heterocycles.